The molecule has 0 fully saturated rings. The molecule has 3 aromatic rings. The van der Waals surface area contributed by atoms with Crippen molar-refractivity contribution >= 4 is 25.9 Å². The van der Waals surface area contributed by atoms with E-state index in [4.69, 9.17) is 26.1 Å². The van der Waals surface area contributed by atoms with Crippen LogP contribution in [0.15, 0.2) is 35.5 Å². The van der Waals surface area contributed by atoms with E-state index in [-0.39, 0.29) is 36.1 Å². The molecule has 1 aliphatic rings. The van der Waals surface area contributed by atoms with Gasteiger partial charge in [-0.2, -0.15) is 18.3 Å². The summed E-state index contributed by atoms with van der Waals surface area (Å²) in [7, 11) is -2.69. The van der Waals surface area contributed by atoms with Crippen molar-refractivity contribution in [2.75, 3.05) is 11.4 Å². The molecule has 10 nitrogen and oxygen atoms in total. The minimum absolute atomic E-state index is 0.104. The van der Waals surface area contributed by atoms with Crippen LogP contribution < -0.4 is 15.2 Å². The van der Waals surface area contributed by atoms with Crippen LogP contribution in [0.1, 0.15) is 16.8 Å². The fraction of sp³-hybridized carbons (Fsp3) is 0.263. The quantitative estimate of drug-likeness (QED) is 0.361. The number of hydrogen-bond acceptors (Lipinski definition) is 9. The minimum Gasteiger partial charge on any atom is -0.438 e. The maximum atomic E-state index is 13.4. The van der Waals surface area contributed by atoms with Crippen LogP contribution in [0.5, 0.6) is 11.6 Å². The van der Waals surface area contributed by atoms with Gasteiger partial charge in [-0.3, -0.25) is 9.32 Å². The number of alkyl halides is 3. The Labute approximate surface area is 200 Å². The Morgan fingerprint density at radius 3 is 2.71 bits per heavy atom. The largest absolute Gasteiger partial charge is 0.438 e. The monoisotopic (exact) mass is 535 g/mol. The van der Waals surface area contributed by atoms with Gasteiger partial charge in [0, 0.05) is 12.1 Å². The number of hydrogen-bond donors (Lipinski definition) is 2. The van der Waals surface area contributed by atoms with E-state index in [0.29, 0.717) is 17.3 Å². The van der Waals surface area contributed by atoms with Gasteiger partial charge in [-0.05, 0) is 24.6 Å². The molecule has 35 heavy (non-hydrogen) atoms. The predicted octanol–water partition coefficient (Wildman–Crippen LogP) is 3.39. The zero-order valence-electron chi connectivity index (χ0n) is 17.4. The van der Waals surface area contributed by atoms with Gasteiger partial charge in [0.2, 0.25) is 5.88 Å². The molecule has 0 saturated heterocycles. The van der Waals surface area contributed by atoms with E-state index in [2.05, 4.69) is 19.6 Å². The van der Waals surface area contributed by atoms with Gasteiger partial charge in [0.25, 0.3) is 5.56 Å². The maximum Gasteiger partial charge on any atom is 0.420 e. The summed E-state index contributed by atoms with van der Waals surface area (Å²) < 4.78 is 64.2. The molecule has 0 aliphatic carbocycles. The third-order valence-corrected chi connectivity index (χ3v) is 5.73. The average Bonchev–Trinajstić information content (AvgIpc) is 2.80. The minimum atomic E-state index is -4.84. The molecule has 1 aliphatic heterocycles. The van der Waals surface area contributed by atoms with Crippen molar-refractivity contribution < 1.29 is 36.6 Å². The summed E-state index contributed by atoms with van der Waals surface area (Å²) in [5.41, 5.74) is -0.861. The first-order valence-corrected chi connectivity index (χ1v) is 11.3. The zero-order valence-corrected chi connectivity index (χ0v) is 19.1. The maximum absolute atomic E-state index is 13.4. The molecule has 0 saturated carbocycles. The number of nitrogens with zero attached hydrogens (tertiary/aromatic N) is 5. The van der Waals surface area contributed by atoms with Crippen molar-refractivity contribution in [3.63, 3.8) is 0 Å². The summed E-state index contributed by atoms with van der Waals surface area (Å²) in [5.74, 6) is -1.76. The second kappa shape index (κ2) is 9.99. The van der Waals surface area contributed by atoms with Crippen molar-refractivity contribution in [2.45, 2.75) is 25.9 Å². The van der Waals surface area contributed by atoms with Crippen molar-refractivity contribution in [3.05, 3.63) is 68.7 Å². The highest BCUT2D eigenvalue weighted by molar-refractivity contribution is 7.39. The number of benzene rings is 1. The Morgan fingerprint density at radius 2 is 2.00 bits per heavy atom. The van der Waals surface area contributed by atoms with Crippen molar-refractivity contribution in [1.29, 1.82) is 0 Å². The third kappa shape index (κ3) is 5.52. The molecule has 0 amide bonds. The summed E-state index contributed by atoms with van der Waals surface area (Å²) in [4.78, 5) is 39.9. The molecule has 0 unspecified atom stereocenters. The van der Waals surface area contributed by atoms with Gasteiger partial charge in [0.05, 0.1) is 24.1 Å². The molecule has 16 heteroatoms. The smallest absolute Gasteiger partial charge is 0.420 e. The highest BCUT2D eigenvalue weighted by Crippen LogP contribution is 2.39. The van der Waals surface area contributed by atoms with Crippen LogP contribution in [-0.4, -0.2) is 36.1 Å². The highest BCUT2D eigenvalue weighted by Gasteiger charge is 2.36. The molecule has 2 N–H and O–H groups in total. The second-order valence-corrected chi connectivity index (χ2v) is 8.32. The van der Waals surface area contributed by atoms with Gasteiger partial charge >= 0.3 is 14.8 Å². The molecule has 4 rings (SSSR count). The third-order valence-electron chi connectivity index (χ3n) is 5.02. The van der Waals surface area contributed by atoms with Crippen LogP contribution in [-0.2, 0) is 30.4 Å². The Morgan fingerprint density at radius 1 is 1.23 bits per heavy atom. The van der Waals surface area contributed by atoms with Gasteiger partial charge in [-0.1, -0.05) is 11.6 Å². The SMILES string of the molecule is O=c1c(Cl)c(N2CCc3c(ncnc3Oc3ccc(F)cc3C(F)(F)F)C2)cnn1COP(O)O. The summed E-state index contributed by atoms with van der Waals surface area (Å²) in [6.07, 6.45) is -2.20. The zero-order chi connectivity index (χ0) is 25.3. The Kier molecular flexibility index (Phi) is 7.20. The molecule has 0 atom stereocenters. The lowest BCUT2D eigenvalue weighted by Crippen LogP contribution is -2.34. The van der Waals surface area contributed by atoms with E-state index < -0.39 is 44.2 Å². The first-order valence-electron chi connectivity index (χ1n) is 9.73. The van der Waals surface area contributed by atoms with Gasteiger partial charge < -0.3 is 19.4 Å². The van der Waals surface area contributed by atoms with E-state index >= 15 is 0 Å². The van der Waals surface area contributed by atoms with Crippen LogP contribution in [0.2, 0.25) is 5.02 Å². The Bertz CT molecular complexity index is 1310. The molecular formula is C19H15ClF4N5O5P. The van der Waals surface area contributed by atoms with E-state index in [9.17, 15) is 22.4 Å². The molecule has 0 radical (unpaired) electrons. The number of ether oxygens (including phenoxy) is 1. The summed E-state index contributed by atoms with van der Waals surface area (Å²) in [6.45, 7) is -0.131. The fourth-order valence-corrected chi connectivity index (χ4v) is 3.89. The van der Waals surface area contributed by atoms with Gasteiger partial charge in [0.15, 0.2) is 6.73 Å². The normalized spacial score (nSPS) is 13.8. The molecule has 2 aromatic heterocycles. The van der Waals surface area contributed by atoms with E-state index in [1.54, 1.807) is 4.90 Å². The number of anilines is 1. The van der Waals surface area contributed by atoms with Crippen LogP contribution in [0.25, 0.3) is 0 Å². The van der Waals surface area contributed by atoms with Crippen molar-refractivity contribution in [3.8, 4) is 11.6 Å². The van der Waals surface area contributed by atoms with Crippen LogP contribution in [0, 0.1) is 5.82 Å². The summed E-state index contributed by atoms with van der Waals surface area (Å²) >= 11 is 6.20. The molecule has 186 valence electrons. The fourth-order valence-electron chi connectivity index (χ4n) is 3.41. The second-order valence-electron chi connectivity index (χ2n) is 7.18. The predicted molar refractivity (Wildman–Crippen MR) is 114 cm³/mol. The molecular weight excluding hydrogens is 521 g/mol. The summed E-state index contributed by atoms with van der Waals surface area (Å²) in [6, 6.07) is 2.07. The lowest BCUT2D eigenvalue weighted by molar-refractivity contribution is -0.138. The molecule has 0 bridgehead atoms. The number of fused-ring (bicyclic) bond motifs is 1. The van der Waals surface area contributed by atoms with Gasteiger partial charge in [-0.15, -0.1) is 0 Å². The number of halogens is 5. The first kappa shape index (κ1) is 25.2. The molecule has 3 heterocycles. The van der Waals surface area contributed by atoms with Gasteiger partial charge in [-0.25, -0.2) is 19.0 Å². The lowest BCUT2D eigenvalue weighted by atomic mass is 10.1. The van der Waals surface area contributed by atoms with E-state index in [0.717, 1.165) is 23.1 Å². The Balaban J connectivity index is 1.59. The van der Waals surface area contributed by atoms with E-state index in [1.165, 1.54) is 6.20 Å². The van der Waals surface area contributed by atoms with Crippen LogP contribution in [0.4, 0.5) is 23.2 Å². The molecule has 0 spiro atoms. The number of rotatable bonds is 6. The molecule has 1 aromatic carbocycles. The van der Waals surface area contributed by atoms with Crippen molar-refractivity contribution in [2.24, 2.45) is 0 Å². The summed E-state index contributed by atoms with van der Waals surface area (Å²) in [5, 5.41) is 3.71. The first-order chi connectivity index (χ1) is 16.5. The Hall–Kier alpha value is -2.90. The standard InChI is InChI=1S/C19H15ClF4N5O5P/c20-16-14(6-27-29(18(16)30)9-33-35(31)32)28-4-3-11-13(7-28)25-8-26-17(11)34-15-2-1-10(21)5-12(15)19(22,23)24/h1-2,5-6,8,31-32H,3-4,7,9H2. The van der Waals surface area contributed by atoms with Crippen molar-refractivity contribution in [1.82, 2.24) is 19.7 Å². The average molecular weight is 536 g/mol. The van der Waals surface area contributed by atoms with Gasteiger partial charge in [0.1, 0.15) is 28.5 Å². The van der Waals surface area contributed by atoms with Crippen LogP contribution in [0.3, 0.4) is 0 Å². The van der Waals surface area contributed by atoms with Crippen LogP contribution >= 0.6 is 20.2 Å². The van der Waals surface area contributed by atoms with E-state index in [1.807, 2.05) is 0 Å². The number of aromatic nitrogens is 4. The highest BCUT2D eigenvalue weighted by atomic mass is 35.5. The lowest BCUT2D eigenvalue weighted by Gasteiger charge is -2.30. The topological polar surface area (TPSA) is 123 Å².